The first kappa shape index (κ1) is 58.0. The van der Waals surface area contributed by atoms with Crippen molar-refractivity contribution in [1.29, 1.82) is 10.5 Å². The number of hydrogen-bond donors (Lipinski definition) is 0. The van der Waals surface area contributed by atoms with E-state index < -0.39 is 0 Å². The number of para-hydroxylation sites is 1. The van der Waals surface area contributed by atoms with Crippen LogP contribution in [0.25, 0.3) is 172 Å². The fourth-order valence-corrected chi connectivity index (χ4v) is 14.0. The van der Waals surface area contributed by atoms with E-state index in [1.165, 1.54) is 0 Å². The Balaban J connectivity index is 0.927. The van der Waals surface area contributed by atoms with E-state index in [-0.39, 0.29) is 0 Å². The van der Waals surface area contributed by atoms with Gasteiger partial charge >= 0.3 is 0 Å². The first-order valence-corrected chi connectivity index (χ1v) is 32.5. The van der Waals surface area contributed by atoms with E-state index in [0.29, 0.717) is 45.4 Å². The standard InChI is InChI=1S/C90H54N8/c1-93-81-36-19-18-35-74(81)76-44-38-69(55-87(76)98-84-47-41-64(60-25-10-4-11-26-60)52-79(84)80-53-65(42-48-85(80)98)61-27-12-5-13-28-61)90-95-88(67-32-20-31-66(49-67)72-33-16-14-29-70(72)56-91)94-89(96-90)68-37-43-75(73-34-17-15-30-71(73)57-92)86(54-68)97-82-45-39-62(58-21-6-2-7-22-58)50-77(82)78-51-63(40-46-83(78)97)59-23-8-3-9-24-59/h2-55H. The zero-order valence-electron chi connectivity index (χ0n) is 52.8. The van der Waals surface area contributed by atoms with Gasteiger partial charge < -0.3 is 9.13 Å². The summed E-state index contributed by atoms with van der Waals surface area (Å²) < 4.78 is 4.65. The molecule has 17 rings (SSSR count). The van der Waals surface area contributed by atoms with Gasteiger partial charge in [-0.1, -0.05) is 249 Å². The number of hydrogen-bond acceptors (Lipinski definition) is 5. The molecule has 0 aliphatic rings. The molecule has 8 nitrogen and oxygen atoms in total. The Morgan fingerprint density at radius 1 is 0.255 bits per heavy atom. The van der Waals surface area contributed by atoms with E-state index in [2.05, 4.69) is 226 Å². The fraction of sp³-hybridized carbons (Fsp3) is 0. The summed E-state index contributed by atoms with van der Waals surface area (Å²) in [4.78, 5) is 20.6. The maximum atomic E-state index is 10.8. The molecular weight excluding hydrogens is 1190 g/mol. The van der Waals surface area contributed by atoms with E-state index >= 15 is 0 Å². The van der Waals surface area contributed by atoms with Crippen LogP contribution in [0.1, 0.15) is 11.1 Å². The zero-order chi connectivity index (χ0) is 65.6. The van der Waals surface area contributed by atoms with Gasteiger partial charge in [0.25, 0.3) is 0 Å². The summed E-state index contributed by atoms with van der Waals surface area (Å²) in [5, 5.41) is 25.5. The van der Waals surface area contributed by atoms with Crippen molar-refractivity contribution in [3.8, 4) is 136 Å². The van der Waals surface area contributed by atoms with Gasteiger partial charge in [0.1, 0.15) is 0 Å². The molecule has 0 aliphatic carbocycles. The van der Waals surface area contributed by atoms with Crippen molar-refractivity contribution in [3.63, 3.8) is 0 Å². The molecule has 17 aromatic rings. The summed E-state index contributed by atoms with van der Waals surface area (Å²) in [5.41, 5.74) is 23.1. The quantitative estimate of drug-likeness (QED) is 0.113. The van der Waals surface area contributed by atoms with E-state index in [9.17, 15) is 10.5 Å². The number of benzene rings is 14. The summed E-state index contributed by atoms with van der Waals surface area (Å²) >= 11 is 0. The molecule has 0 unspecified atom stereocenters. The highest BCUT2D eigenvalue weighted by atomic mass is 15.0. The van der Waals surface area contributed by atoms with Crippen molar-refractivity contribution in [2.45, 2.75) is 0 Å². The van der Waals surface area contributed by atoms with Crippen LogP contribution in [0.2, 0.25) is 0 Å². The third kappa shape index (κ3) is 10.3. The van der Waals surface area contributed by atoms with Crippen LogP contribution < -0.4 is 0 Å². The summed E-state index contributed by atoms with van der Waals surface area (Å²) in [6.07, 6.45) is 0. The summed E-state index contributed by atoms with van der Waals surface area (Å²) in [6.45, 7) is 8.50. The van der Waals surface area contributed by atoms with E-state index in [1.54, 1.807) is 0 Å². The molecule has 3 aromatic heterocycles. The second kappa shape index (κ2) is 24.6. The van der Waals surface area contributed by atoms with Gasteiger partial charge in [-0.05, 0) is 146 Å². The highest BCUT2D eigenvalue weighted by Crippen LogP contribution is 2.46. The molecule has 0 atom stereocenters. The van der Waals surface area contributed by atoms with Crippen LogP contribution in [0.4, 0.5) is 5.69 Å². The first-order chi connectivity index (χ1) is 48.4. The SMILES string of the molecule is [C-]#[N+]c1ccccc1-c1ccc(-c2nc(-c3cccc(-c4ccccc4C#N)c3)nc(-c3ccc(-c4ccccc4C#N)c(-n4c5ccc(-c6ccccc6)cc5c5cc(-c6ccccc6)ccc54)c3)n2)cc1-n1c2ccc(-c3ccccc3)cc2c2cc(-c3ccccc3)ccc21. The molecule has 8 heteroatoms. The zero-order valence-corrected chi connectivity index (χ0v) is 52.8. The fourth-order valence-electron chi connectivity index (χ4n) is 14.0. The average molecular weight is 1250 g/mol. The molecule has 0 bridgehead atoms. The normalized spacial score (nSPS) is 11.2. The lowest BCUT2D eigenvalue weighted by molar-refractivity contribution is 1.07. The highest BCUT2D eigenvalue weighted by Gasteiger charge is 2.25. The predicted molar refractivity (Wildman–Crippen MR) is 399 cm³/mol. The van der Waals surface area contributed by atoms with Crippen LogP contribution in [0.5, 0.6) is 0 Å². The maximum absolute atomic E-state index is 10.8. The molecule has 0 saturated heterocycles. The Bertz CT molecular complexity index is 5630. The molecule has 3 heterocycles. The van der Waals surface area contributed by atoms with Crippen LogP contribution >= 0.6 is 0 Å². The Kier molecular flexibility index (Phi) is 14.5. The van der Waals surface area contributed by atoms with Crippen molar-refractivity contribution < 1.29 is 0 Å². The van der Waals surface area contributed by atoms with Crippen LogP contribution in [-0.4, -0.2) is 24.1 Å². The number of aromatic nitrogens is 5. The van der Waals surface area contributed by atoms with Crippen molar-refractivity contribution in [2.24, 2.45) is 0 Å². The van der Waals surface area contributed by atoms with E-state index in [1.807, 2.05) is 127 Å². The largest absolute Gasteiger partial charge is 0.309 e. The summed E-state index contributed by atoms with van der Waals surface area (Å²) in [6, 6.07) is 117. The van der Waals surface area contributed by atoms with Crippen LogP contribution in [0, 0.1) is 29.2 Å². The van der Waals surface area contributed by atoms with Gasteiger partial charge in [-0.2, -0.15) is 10.5 Å². The number of nitriles is 2. The van der Waals surface area contributed by atoms with Crippen molar-refractivity contribution in [3.05, 3.63) is 350 Å². The number of nitrogens with zero attached hydrogens (tertiary/aromatic N) is 8. The molecule has 14 aromatic carbocycles. The van der Waals surface area contributed by atoms with Gasteiger partial charge in [-0.15, -0.1) is 0 Å². The second-order valence-electron chi connectivity index (χ2n) is 24.4. The molecule has 454 valence electrons. The topological polar surface area (TPSA) is 100 Å². The molecule has 0 radical (unpaired) electrons. The average Bonchev–Trinajstić information content (AvgIpc) is 1.56. The molecule has 0 fully saturated rings. The first-order valence-electron chi connectivity index (χ1n) is 32.5. The minimum absolute atomic E-state index is 0.412. The minimum Gasteiger partial charge on any atom is -0.309 e. The highest BCUT2D eigenvalue weighted by molar-refractivity contribution is 6.14. The lowest BCUT2D eigenvalue weighted by Crippen LogP contribution is -2.04. The molecule has 0 spiro atoms. The maximum Gasteiger partial charge on any atom is 0.194 e. The smallest absolute Gasteiger partial charge is 0.194 e. The lowest BCUT2D eigenvalue weighted by Gasteiger charge is -2.18. The molecule has 0 saturated carbocycles. The van der Waals surface area contributed by atoms with E-state index in [0.717, 1.165) is 138 Å². The number of fused-ring (bicyclic) bond motifs is 6. The molecule has 0 aliphatic heterocycles. The van der Waals surface area contributed by atoms with Crippen LogP contribution in [0.15, 0.2) is 328 Å². The Labute approximate surface area is 566 Å². The van der Waals surface area contributed by atoms with Crippen LogP contribution in [0.3, 0.4) is 0 Å². The Hall–Kier alpha value is -13.8. The van der Waals surface area contributed by atoms with Crippen molar-refractivity contribution in [2.75, 3.05) is 0 Å². The second-order valence-corrected chi connectivity index (χ2v) is 24.4. The molecule has 0 N–H and O–H groups in total. The molecular formula is C90H54N8. The minimum atomic E-state index is 0.412. The monoisotopic (exact) mass is 1250 g/mol. The third-order valence-electron chi connectivity index (χ3n) is 18.7. The van der Waals surface area contributed by atoms with Gasteiger partial charge in [0.2, 0.25) is 0 Å². The van der Waals surface area contributed by atoms with Gasteiger partial charge in [-0.3, -0.25) is 0 Å². The lowest BCUT2D eigenvalue weighted by atomic mass is 9.96. The van der Waals surface area contributed by atoms with Crippen molar-refractivity contribution in [1.82, 2.24) is 24.1 Å². The van der Waals surface area contributed by atoms with Crippen LogP contribution in [-0.2, 0) is 0 Å². The predicted octanol–water partition coefficient (Wildman–Crippen LogP) is 23.0. The van der Waals surface area contributed by atoms with Gasteiger partial charge in [0.15, 0.2) is 23.2 Å². The van der Waals surface area contributed by atoms with Gasteiger partial charge in [0.05, 0.1) is 63.3 Å². The van der Waals surface area contributed by atoms with Gasteiger partial charge in [-0.25, -0.2) is 19.8 Å². The summed E-state index contributed by atoms with van der Waals surface area (Å²) in [7, 11) is 0. The number of rotatable bonds is 12. The van der Waals surface area contributed by atoms with Crippen molar-refractivity contribution >= 4 is 49.3 Å². The Morgan fingerprint density at radius 2 is 0.571 bits per heavy atom. The van der Waals surface area contributed by atoms with Gasteiger partial charge in [0, 0.05) is 49.4 Å². The molecule has 0 amide bonds. The Morgan fingerprint density at radius 3 is 0.980 bits per heavy atom. The molecule has 98 heavy (non-hydrogen) atoms. The third-order valence-corrected chi connectivity index (χ3v) is 18.7. The van der Waals surface area contributed by atoms with E-state index in [4.69, 9.17) is 21.5 Å². The summed E-state index contributed by atoms with van der Waals surface area (Å²) in [5.74, 6) is 1.25.